The fraction of sp³-hybridized carbons (Fsp3) is 0.636. The first-order chi connectivity index (χ1) is 5.38. The Hall–Kier alpha value is -0.560. The van der Waals surface area contributed by atoms with Crippen molar-refractivity contribution in [2.24, 2.45) is 5.92 Å². The summed E-state index contributed by atoms with van der Waals surface area (Å²) in [5.74, 6) is 0.613. The summed E-state index contributed by atoms with van der Waals surface area (Å²) in [6.45, 7) is 4.60. The van der Waals surface area contributed by atoms with Crippen molar-refractivity contribution in [2.75, 3.05) is 21.1 Å². The zero-order valence-electron chi connectivity index (χ0n) is 8.83. The van der Waals surface area contributed by atoms with Crippen molar-refractivity contribution in [2.45, 2.75) is 19.4 Å². The van der Waals surface area contributed by atoms with Crippen LogP contribution in [0.2, 0.25) is 0 Å². The van der Waals surface area contributed by atoms with Crippen molar-refractivity contribution < 1.29 is 4.48 Å². The van der Waals surface area contributed by atoms with Crippen molar-refractivity contribution in [3.63, 3.8) is 0 Å². The van der Waals surface area contributed by atoms with Crippen molar-refractivity contribution >= 4 is 0 Å². The van der Waals surface area contributed by atoms with E-state index in [1.54, 1.807) is 0 Å². The molecule has 1 aliphatic rings. The first-order valence-corrected chi connectivity index (χ1v) is 4.55. The summed E-state index contributed by atoms with van der Waals surface area (Å²) >= 11 is 0. The van der Waals surface area contributed by atoms with Crippen LogP contribution in [0.25, 0.3) is 0 Å². The van der Waals surface area contributed by atoms with Crippen LogP contribution < -0.4 is 0 Å². The van der Waals surface area contributed by atoms with Gasteiger partial charge in [-0.1, -0.05) is 25.2 Å². The lowest BCUT2D eigenvalue weighted by Gasteiger charge is -2.46. The summed E-state index contributed by atoms with van der Waals surface area (Å²) in [6, 6.07) is 0. The van der Waals surface area contributed by atoms with E-state index in [1.165, 1.54) is 0 Å². The van der Waals surface area contributed by atoms with Gasteiger partial charge in [0.05, 0.1) is 21.1 Å². The molecule has 0 aliphatic heterocycles. The van der Waals surface area contributed by atoms with Gasteiger partial charge in [0.2, 0.25) is 0 Å². The second kappa shape index (κ2) is 2.74. The molecule has 0 saturated carbocycles. The van der Waals surface area contributed by atoms with Crippen LogP contribution in [0.1, 0.15) is 13.8 Å². The normalized spacial score (nSPS) is 35.6. The van der Waals surface area contributed by atoms with Crippen LogP contribution >= 0.6 is 0 Å². The molecular formula is C11H20N+. The molecule has 0 aromatic carbocycles. The molecule has 0 aromatic rings. The molecule has 1 rings (SSSR count). The molecule has 0 spiro atoms. The Morgan fingerprint density at radius 3 is 2.08 bits per heavy atom. The molecule has 68 valence electrons. The molecule has 12 heavy (non-hydrogen) atoms. The van der Waals surface area contributed by atoms with E-state index >= 15 is 0 Å². The number of likely N-dealkylation sites (N-methyl/N-ethyl adjacent to an activating group) is 1. The highest BCUT2D eigenvalue weighted by Crippen LogP contribution is 2.32. The molecule has 0 N–H and O–H groups in total. The van der Waals surface area contributed by atoms with Crippen LogP contribution in [0.4, 0.5) is 0 Å². The van der Waals surface area contributed by atoms with E-state index in [-0.39, 0.29) is 5.54 Å². The van der Waals surface area contributed by atoms with Crippen molar-refractivity contribution in [3.05, 3.63) is 24.3 Å². The van der Waals surface area contributed by atoms with Gasteiger partial charge >= 0.3 is 0 Å². The van der Waals surface area contributed by atoms with Crippen molar-refractivity contribution in [1.29, 1.82) is 0 Å². The first kappa shape index (κ1) is 9.53. The average molecular weight is 166 g/mol. The molecule has 1 aliphatic carbocycles. The number of rotatable bonds is 1. The molecular weight excluding hydrogens is 146 g/mol. The highest BCUT2D eigenvalue weighted by atomic mass is 15.3. The van der Waals surface area contributed by atoms with E-state index in [9.17, 15) is 0 Å². The fourth-order valence-corrected chi connectivity index (χ4v) is 1.66. The van der Waals surface area contributed by atoms with Gasteiger partial charge in [-0.3, -0.25) is 0 Å². The van der Waals surface area contributed by atoms with E-state index < -0.39 is 0 Å². The van der Waals surface area contributed by atoms with E-state index in [4.69, 9.17) is 0 Å². The summed E-state index contributed by atoms with van der Waals surface area (Å²) in [5.41, 5.74) is 0.245. The smallest absolute Gasteiger partial charge is 0.121 e. The maximum Gasteiger partial charge on any atom is 0.121 e. The molecule has 0 saturated heterocycles. The van der Waals surface area contributed by atoms with Crippen LogP contribution in [-0.4, -0.2) is 31.2 Å². The number of allylic oxidation sites excluding steroid dienone is 2. The summed E-state index contributed by atoms with van der Waals surface area (Å²) in [5, 5.41) is 0. The summed E-state index contributed by atoms with van der Waals surface area (Å²) < 4.78 is 0.981. The number of hydrogen-bond acceptors (Lipinski definition) is 0. The monoisotopic (exact) mass is 166 g/mol. The zero-order chi connectivity index (χ0) is 9.41. The minimum Gasteiger partial charge on any atom is -0.323 e. The van der Waals surface area contributed by atoms with Crippen LogP contribution in [0.15, 0.2) is 24.3 Å². The Morgan fingerprint density at radius 1 is 1.17 bits per heavy atom. The molecule has 2 unspecified atom stereocenters. The Bertz CT molecular complexity index is 220. The molecule has 1 nitrogen and oxygen atoms in total. The van der Waals surface area contributed by atoms with E-state index in [1.807, 2.05) is 0 Å². The van der Waals surface area contributed by atoms with Crippen LogP contribution in [0.3, 0.4) is 0 Å². The molecule has 0 amide bonds. The third kappa shape index (κ3) is 1.34. The Balaban J connectivity index is 2.99. The molecule has 0 fully saturated rings. The summed E-state index contributed by atoms with van der Waals surface area (Å²) in [4.78, 5) is 0. The second-order valence-electron chi connectivity index (χ2n) is 4.77. The minimum absolute atomic E-state index is 0.245. The van der Waals surface area contributed by atoms with Gasteiger partial charge in [0.1, 0.15) is 5.54 Å². The zero-order valence-corrected chi connectivity index (χ0v) is 8.83. The van der Waals surface area contributed by atoms with Crippen LogP contribution in [-0.2, 0) is 0 Å². The first-order valence-electron chi connectivity index (χ1n) is 4.55. The Labute approximate surface area is 76.0 Å². The van der Waals surface area contributed by atoms with E-state index in [0.29, 0.717) is 5.92 Å². The third-order valence-electron chi connectivity index (χ3n) is 3.31. The fourth-order valence-electron chi connectivity index (χ4n) is 1.66. The van der Waals surface area contributed by atoms with Crippen molar-refractivity contribution in [3.8, 4) is 0 Å². The quantitative estimate of drug-likeness (QED) is 0.524. The summed E-state index contributed by atoms with van der Waals surface area (Å²) in [7, 11) is 6.75. The van der Waals surface area contributed by atoms with Gasteiger partial charge < -0.3 is 4.48 Å². The topological polar surface area (TPSA) is 0 Å². The molecule has 2 atom stereocenters. The van der Waals surface area contributed by atoms with E-state index in [2.05, 4.69) is 59.3 Å². The lowest BCUT2D eigenvalue weighted by molar-refractivity contribution is -0.917. The maximum absolute atomic E-state index is 2.32. The van der Waals surface area contributed by atoms with Gasteiger partial charge in [-0.25, -0.2) is 0 Å². The predicted molar refractivity (Wildman–Crippen MR) is 53.9 cm³/mol. The van der Waals surface area contributed by atoms with Gasteiger partial charge in [0, 0.05) is 5.92 Å². The number of quaternary nitrogens is 1. The standard InChI is InChI=1S/C11H20N/c1-10-8-6-7-9-11(10,2)12(3,4)5/h6-10H,1-5H3/q+1. The van der Waals surface area contributed by atoms with Gasteiger partial charge in [-0.2, -0.15) is 0 Å². The molecule has 0 radical (unpaired) electrons. The third-order valence-corrected chi connectivity index (χ3v) is 3.31. The maximum atomic E-state index is 2.32. The average Bonchev–Trinajstić information content (AvgIpc) is 1.93. The minimum atomic E-state index is 0.245. The largest absolute Gasteiger partial charge is 0.323 e. The number of hydrogen-bond donors (Lipinski definition) is 0. The van der Waals surface area contributed by atoms with Gasteiger partial charge in [0.25, 0.3) is 0 Å². The lowest BCUT2D eigenvalue weighted by atomic mass is 9.81. The van der Waals surface area contributed by atoms with Crippen LogP contribution in [0, 0.1) is 5.92 Å². The Kier molecular flexibility index (Phi) is 2.17. The van der Waals surface area contributed by atoms with E-state index in [0.717, 1.165) is 4.48 Å². The molecule has 0 heterocycles. The molecule has 1 heteroatoms. The molecule has 0 aromatic heterocycles. The van der Waals surface area contributed by atoms with Crippen molar-refractivity contribution in [1.82, 2.24) is 0 Å². The molecule has 0 bridgehead atoms. The predicted octanol–water partition coefficient (Wildman–Crippen LogP) is 2.21. The SMILES string of the molecule is CC1C=CC=CC1(C)[N+](C)(C)C. The second-order valence-corrected chi connectivity index (χ2v) is 4.77. The van der Waals surface area contributed by atoms with Gasteiger partial charge in [0.15, 0.2) is 0 Å². The highest BCUT2D eigenvalue weighted by Gasteiger charge is 2.40. The lowest BCUT2D eigenvalue weighted by Crippen LogP contribution is -2.57. The number of nitrogens with zero attached hydrogens (tertiary/aromatic N) is 1. The highest BCUT2D eigenvalue weighted by molar-refractivity contribution is 5.19. The van der Waals surface area contributed by atoms with Gasteiger partial charge in [-0.15, -0.1) is 0 Å². The van der Waals surface area contributed by atoms with Crippen LogP contribution in [0.5, 0.6) is 0 Å². The Morgan fingerprint density at radius 2 is 1.75 bits per heavy atom. The summed E-state index contributed by atoms with van der Waals surface area (Å²) in [6.07, 6.45) is 8.90. The van der Waals surface area contributed by atoms with Gasteiger partial charge in [-0.05, 0) is 13.0 Å².